The van der Waals surface area contributed by atoms with Gasteiger partial charge in [-0.3, -0.25) is 24.3 Å². The lowest BCUT2D eigenvalue weighted by Crippen LogP contribution is -2.71. The molecule has 2 aliphatic heterocycles. The molecule has 4 rings (SSSR count). The molecule has 0 aromatic carbocycles. The van der Waals surface area contributed by atoms with Crippen molar-refractivity contribution in [2.24, 2.45) is 5.16 Å². The highest BCUT2D eigenvalue weighted by Gasteiger charge is 2.54. The van der Waals surface area contributed by atoms with Crippen molar-refractivity contribution in [3.8, 4) is 0 Å². The predicted molar refractivity (Wildman–Crippen MR) is 155 cm³/mol. The largest absolute Gasteiger partial charge is 0.477 e. The van der Waals surface area contributed by atoms with Gasteiger partial charge >= 0.3 is 5.97 Å². The second kappa shape index (κ2) is 13.4. The number of carbonyl (C=O) groups is 4. The van der Waals surface area contributed by atoms with Gasteiger partial charge < -0.3 is 20.6 Å². The van der Waals surface area contributed by atoms with Crippen LogP contribution >= 0.6 is 34.9 Å². The molecule has 2 aromatic heterocycles. The fourth-order valence-electron chi connectivity index (χ4n) is 3.72. The minimum atomic E-state index is -1.21. The number of hydrogen-bond acceptors (Lipinski definition) is 11. The minimum Gasteiger partial charge on any atom is -0.477 e. The topological polar surface area (TPSA) is 163 Å². The van der Waals surface area contributed by atoms with Gasteiger partial charge in [0.1, 0.15) is 29.4 Å². The molecule has 1 saturated heterocycles. The number of carboxylic acid groups (broad SMARTS) is 1. The SMILES string of the molecule is C=CCON=C(C(=O)NC1C(=O)N2C(C(=O)O)=C(CS/C=C\c3ccc(C)nc3)CS[C@@H]12)c1csc(NC=O)n1. The Morgan fingerprint density at radius 3 is 2.92 bits per heavy atom. The van der Waals surface area contributed by atoms with Crippen LogP contribution in [0.4, 0.5) is 5.13 Å². The van der Waals surface area contributed by atoms with E-state index < -0.39 is 29.2 Å². The lowest BCUT2D eigenvalue weighted by molar-refractivity contribution is -0.150. The standard InChI is InChI=1S/C25H24N6O6S3/c1-3-7-37-30-18(17-12-40-25(28-17)27-13-32)21(33)29-19-22(34)31-20(24(35)36)16(11-39-23(19)31)10-38-8-6-15-5-4-14(2)26-9-15/h3-6,8-9,12-13,19,23H,1,7,10-11H2,2H3,(H,29,33)(H,35,36)(H,27,28,32)/b8-6-,30-18?/t19?,23-/m0/s1. The normalized spacial score (nSPS) is 18.7. The molecule has 40 heavy (non-hydrogen) atoms. The van der Waals surface area contributed by atoms with Gasteiger partial charge in [0.25, 0.3) is 11.8 Å². The molecule has 1 unspecified atom stereocenters. The van der Waals surface area contributed by atoms with Crippen LogP contribution in [-0.4, -0.2) is 79.4 Å². The van der Waals surface area contributed by atoms with Crippen molar-refractivity contribution in [1.29, 1.82) is 0 Å². The molecule has 15 heteroatoms. The molecule has 2 aliphatic rings. The van der Waals surface area contributed by atoms with Crippen molar-refractivity contribution in [2.75, 3.05) is 23.4 Å². The van der Waals surface area contributed by atoms with Crippen LogP contribution in [0.3, 0.4) is 0 Å². The van der Waals surface area contributed by atoms with Crippen LogP contribution in [0, 0.1) is 6.92 Å². The number of hydrogen-bond donors (Lipinski definition) is 3. The van der Waals surface area contributed by atoms with Gasteiger partial charge in [0.15, 0.2) is 10.8 Å². The summed E-state index contributed by atoms with van der Waals surface area (Å²) in [6.07, 6.45) is 5.53. The molecule has 2 aromatic rings. The van der Waals surface area contributed by atoms with Crippen LogP contribution in [0.2, 0.25) is 0 Å². The second-order valence-corrected chi connectivity index (χ2v) is 11.1. The number of aliphatic carboxylic acids is 1. The molecule has 0 spiro atoms. The highest BCUT2D eigenvalue weighted by atomic mass is 32.2. The van der Waals surface area contributed by atoms with E-state index in [4.69, 9.17) is 4.84 Å². The number of oxime groups is 1. The fraction of sp³-hybridized carbons (Fsp3) is 0.240. The predicted octanol–water partition coefficient (Wildman–Crippen LogP) is 2.46. The van der Waals surface area contributed by atoms with Gasteiger partial charge in [-0.05, 0) is 35.6 Å². The van der Waals surface area contributed by atoms with Gasteiger partial charge in [0.2, 0.25) is 6.41 Å². The van der Waals surface area contributed by atoms with Crippen LogP contribution in [0.1, 0.15) is 17.0 Å². The number of aromatic nitrogens is 2. The van der Waals surface area contributed by atoms with Crippen LogP contribution in [0.15, 0.2) is 58.2 Å². The summed E-state index contributed by atoms with van der Waals surface area (Å²) in [6, 6.07) is 2.87. The zero-order chi connectivity index (χ0) is 28.6. The summed E-state index contributed by atoms with van der Waals surface area (Å²) in [7, 11) is 0. The number of β-lactam (4-membered cyclic amide) rings is 1. The van der Waals surface area contributed by atoms with E-state index in [0.717, 1.165) is 22.6 Å². The third-order valence-electron chi connectivity index (χ3n) is 5.58. The maximum atomic E-state index is 13.1. The summed E-state index contributed by atoms with van der Waals surface area (Å²) < 4.78 is 0. The first-order chi connectivity index (χ1) is 19.3. The molecule has 0 saturated carbocycles. The molecule has 0 bridgehead atoms. The lowest BCUT2D eigenvalue weighted by Gasteiger charge is -2.49. The molecule has 4 heterocycles. The monoisotopic (exact) mass is 600 g/mol. The Bertz CT molecular complexity index is 1400. The van der Waals surface area contributed by atoms with Crippen molar-refractivity contribution in [3.63, 3.8) is 0 Å². The Balaban J connectivity index is 1.44. The van der Waals surface area contributed by atoms with E-state index in [0.29, 0.717) is 23.5 Å². The quantitative estimate of drug-likeness (QED) is 0.0777. The zero-order valence-electron chi connectivity index (χ0n) is 21.1. The molecule has 3 N–H and O–H groups in total. The zero-order valence-corrected chi connectivity index (χ0v) is 23.6. The first kappa shape index (κ1) is 29.0. The number of fused-ring (bicyclic) bond motifs is 1. The van der Waals surface area contributed by atoms with Crippen molar-refractivity contribution >= 4 is 76.0 Å². The summed E-state index contributed by atoms with van der Waals surface area (Å²) >= 11 is 3.86. The Morgan fingerprint density at radius 1 is 1.40 bits per heavy atom. The summed E-state index contributed by atoms with van der Waals surface area (Å²) in [5, 5.41) is 21.8. The molecule has 0 radical (unpaired) electrons. The van der Waals surface area contributed by atoms with Gasteiger partial charge in [0.05, 0.1) is 0 Å². The van der Waals surface area contributed by atoms with Crippen LogP contribution in [-0.2, 0) is 24.0 Å². The average molecular weight is 601 g/mol. The van der Waals surface area contributed by atoms with E-state index in [-0.39, 0.29) is 28.8 Å². The maximum Gasteiger partial charge on any atom is 0.352 e. The van der Waals surface area contributed by atoms with Gasteiger partial charge in [-0.25, -0.2) is 9.78 Å². The van der Waals surface area contributed by atoms with Crippen LogP contribution in [0.25, 0.3) is 6.08 Å². The highest BCUT2D eigenvalue weighted by molar-refractivity contribution is 8.02. The average Bonchev–Trinajstić information content (AvgIpc) is 3.40. The number of nitrogens with one attached hydrogen (secondary N) is 2. The van der Waals surface area contributed by atoms with E-state index in [1.165, 1.54) is 39.9 Å². The Hall–Kier alpha value is -3.95. The Labute approximate surface area is 241 Å². The van der Waals surface area contributed by atoms with Crippen molar-refractivity contribution < 1.29 is 29.1 Å². The molecule has 2 atom stereocenters. The van der Waals surface area contributed by atoms with E-state index in [2.05, 4.69) is 32.3 Å². The van der Waals surface area contributed by atoms with Crippen LogP contribution in [0.5, 0.6) is 0 Å². The maximum absolute atomic E-state index is 13.1. The van der Waals surface area contributed by atoms with Gasteiger partial charge in [-0.1, -0.05) is 23.9 Å². The fourth-order valence-corrected chi connectivity index (χ4v) is 6.63. The lowest BCUT2D eigenvalue weighted by atomic mass is 10.0. The number of aryl methyl sites for hydroxylation is 1. The molecule has 1 fully saturated rings. The van der Waals surface area contributed by atoms with E-state index >= 15 is 0 Å². The summed E-state index contributed by atoms with van der Waals surface area (Å²) in [4.78, 5) is 63.7. The van der Waals surface area contributed by atoms with Gasteiger partial charge in [-0.2, -0.15) is 0 Å². The van der Waals surface area contributed by atoms with E-state index in [1.54, 1.807) is 6.20 Å². The van der Waals surface area contributed by atoms with Crippen LogP contribution < -0.4 is 10.6 Å². The number of nitrogens with zero attached hydrogens (tertiary/aromatic N) is 4. The Kier molecular flexibility index (Phi) is 9.74. The van der Waals surface area contributed by atoms with E-state index in [1.807, 2.05) is 30.5 Å². The summed E-state index contributed by atoms with van der Waals surface area (Å²) in [5.41, 5.74) is 2.32. The molecular formula is C25H24N6O6S3. The number of thiazole rings is 1. The number of carbonyl (C=O) groups excluding carboxylic acids is 3. The van der Waals surface area contributed by atoms with Gasteiger partial charge in [-0.15, -0.1) is 34.9 Å². The first-order valence-electron chi connectivity index (χ1n) is 11.7. The molecule has 12 nitrogen and oxygen atoms in total. The number of pyridine rings is 1. The summed E-state index contributed by atoms with van der Waals surface area (Å²) in [6.45, 7) is 5.46. The van der Waals surface area contributed by atoms with Crippen molar-refractivity contribution in [2.45, 2.75) is 18.3 Å². The Morgan fingerprint density at radius 2 is 2.23 bits per heavy atom. The smallest absolute Gasteiger partial charge is 0.352 e. The van der Waals surface area contributed by atoms with Crippen molar-refractivity contribution in [1.82, 2.24) is 20.2 Å². The molecule has 3 amide bonds. The minimum absolute atomic E-state index is 0.0274. The number of anilines is 1. The number of carboxylic acids is 1. The molecule has 0 aliphatic carbocycles. The third-order valence-corrected chi connectivity index (χ3v) is 8.53. The summed E-state index contributed by atoms with van der Waals surface area (Å²) in [5.74, 6) is -1.71. The van der Waals surface area contributed by atoms with Crippen molar-refractivity contribution in [3.05, 3.63) is 70.0 Å². The second-order valence-electron chi connectivity index (χ2n) is 8.29. The number of rotatable bonds is 13. The first-order valence-corrected chi connectivity index (χ1v) is 14.7. The molecule has 208 valence electrons. The molecular weight excluding hydrogens is 577 g/mol. The van der Waals surface area contributed by atoms with Gasteiger partial charge in [0, 0.05) is 28.8 Å². The number of thioether (sulfide) groups is 2. The number of amides is 3. The van der Waals surface area contributed by atoms with E-state index in [9.17, 15) is 24.3 Å². The highest BCUT2D eigenvalue weighted by Crippen LogP contribution is 2.41. The third kappa shape index (κ3) is 6.60.